The molecule has 7 nitrogen and oxygen atoms in total. The Bertz CT molecular complexity index is 581. The topological polar surface area (TPSA) is 92.5 Å². The van der Waals surface area contributed by atoms with E-state index in [9.17, 15) is 13.2 Å². The summed E-state index contributed by atoms with van der Waals surface area (Å²) in [6.07, 6.45) is 3.71. The molecule has 0 aromatic carbocycles. The standard InChI is InChI=1S/C12H19N3O4S/c1-14-11(6-7-13-14)20(18,19)15-8-2-3-10(9-15)4-5-12(16)17/h6-7,10H,2-5,8-9H2,1H3,(H,16,17). The van der Waals surface area contributed by atoms with Crippen molar-refractivity contribution in [1.82, 2.24) is 14.1 Å². The fourth-order valence-electron chi connectivity index (χ4n) is 2.56. The zero-order valence-corrected chi connectivity index (χ0v) is 12.2. The normalized spacial score (nSPS) is 20.9. The van der Waals surface area contributed by atoms with Crippen LogP contribution < -0.4 is 0 Å². The van der Waals surface area contributed by atoms with Gasteiger partial charge in [0.05, 0.1) is 6.20 Å². The third-order valence-electron chi connectivity index (χ3n) is 3.63. The second-order valence-electron chi connectivity index (χ2n) is 5.10. The molecule has 0 amide bonds. The van der Waals surface area contributed by atoms with Crippen molar-refractivity contribution in [2.75, 3.05) is 13.1 Å². The van der Waals surface area contributed by atoms with Crippen molar-refractivity contribution < 1.29 is 18.3 Å². The lowest BCUT2D eigenvalue weighted by atomic mass is 9.95. The Kier molecular flexibility index (Phi) is 4.44. The van der Waals surface area contributed by atoms with Gasteiger partial charge in [-0.25, -0.2) is 8.42 Å². The molecule has 1 unspecified atom stereocenters. The molecule has 0 saturated carbocycles. The van der Waals surface area contributed by atoms with Gasteiger partial charge in [0.25, 0.3) is 10.0 Å². The van der Waals surface area contributed by atoms with E-state index in [0.717, 1.165) is 12.8 Å². The third-order valence-corrected chi connectivity index (χ3v) is 5.57. The van der Waals surface area contributed by atoms with Crippen molar-refractivity contribution in [3.05, 3.63) is 12.3 Å². The zero-order chi connectivity index (χ0) is 14.8. The number of carbonyl (C=O) groups is 1. The first-order valence-corrected chi connectivity index (χ1v) is 8.05. The Morgan fingerprint density at radius 1 is 1.55 bits per heavy atom. The summed E-state index contributed by atoms with van der Waals surface area (Å²) in [5.74, 6) is -0.723. The molecule has 1 N–H and O–H groups in total. The summed E-state index contributed by atoms with van der Waals surface area (Å²) in [7, 11) is -1.94. The molecule has 0 radical (unpaired) electrons. The molecule has 0 aliphatic carbocycles. The Balaban J connectivity index is 2.09. The van der Waals surface area contributed by atoms with Gasteiger partial charge in [-0.05, 0) is 31.2 Å². The van der Waals surface area contributed by atoms with Gasteiger partial charge in [0.1, 0.15) is 0 Å². The molecular weight excluding hydrogens is 282 g/mol. The van der Waals surface area contributed by atoms with Gasteiger partial charge in [-0.2, -0.15) is 9.40 Å². The molecule has 8 heteroatoms. The quantitative estimate of drug-likeness (QED) is 0.863. The van der Waals surface area contributed by atoms with E-state index in [4.69, 9.17) is 5.11 Å². The highest BCUT2D eigenvalue weighted by Gasteiger charge is 2.31. The monoisotopic (exact) mass is 301 g/mol. The number of hydrogen-bond donors (Lipinski definition) is 1. The van der Waals surface area contributed by atoms with E-state index < -0.39 is 16.0 Å². The fourth-order valence-corrected chi connectivity index (χ4v) is 4.21. The van der Waals surface area contributed by atoms with E-state index in [1.165, 1.54) is 21.3 Å². The second-order valence-corrected chi connectivity index (χ2v) is 6.98. The van der Waals surface area contributed by atoms with Crippen LogP contribution in [-0.4, -0.2) is 46.7 Å². The maximum Gasteiger partial charge on any atom is 0.303 e. The number of piperidine rings is 1. The van der Waals surface area contributed by atoms with Gasteiger partial charge in [0.2, 0.25) is 0 Å². The van der Waals surface area contributed by atoms with Gasteiger partial charge >= 0.3 is 5.97 Å². The first-order valence-electron chi connectivity index (χ1n) is 6.61. The highest BCUT2D eigenvalue weighted by molar-refractivity contribution is 7.89. The van der Waals surface area contributed by atoms with Crippen molar-refractivity contribution in [2.45, 2.75) is 30.7 Å². The number of aliphatic carboxylic acids is 1. The van der Waals surface area contributed by atoms with E-state index >= 15 is 0 Å². The lowest BCUT2D eigenvalue weighted by Crippen LogP contribution is -2.40. The molecule has 0 bridgehead atoms. The predicted molar refractivity (Wildman–Crippen MR) is 71.6 cm³/mol. The summed E-state index contributed by atoms with van der Waals surface area (Å²) in [4.78, 5) is 10.6. The summed E-state index contributed by atoms with van der Waals surface area (Å²) < 4.78 is 27.8. The van der Waals surface area contributed by atoms with Gasteiger partial charge in [-0.1, -0.05) is 0 Å². The SMILES string of the molecule is Cn1nccc1S(=O)(=O)N1CCCC(CCC(=O)O)C1. The molecule has 1 aliphatic heterocycles. The number of carboxylic acid groups (broad SMARTS) is 1. The smallest absolute Gasteiger partial charge is 0.303 e. The van der Waals surface area contributed by atoms with E-state index in [2.05, 4.69) is 5.10 Å². The summed E-state index contributed by atoms with van der Waals surface area (Å²) in [6.45, 7) is 0.873. The van der Waals surface area contributed by atoms with E-state index in [-0.39, 0.29) is 17.4 Å². The van der Waals surface area contributed by atoms with E-state index in [0.29, 0.717) is 19.5 Å². The van der Waals surface area contributed by atoms with Crippen LogP contribution in [0.15, 0.2) is 17.3 Å². The van der Waals surface area contributed by atoms with Crippen LogP contribution in [0.5, 0.6) is 0 Å². The van der Waals surface area contributed by atoms with Gasteiger partial charge < -0.3 is 5.11 Å². The number of aryl methyl sites for hydroxylation is 1. The first kappa shape index (κ1) is 15.0. The van der Waals surface area contributed by atoms with Gasteiger partial charge in [0, 0.05) is 26.6 Å². The Hall–Kier alpha value is -1.41. The first-order chi connectivity index (χ1) is 9.41. The summed E-state index contributed by atoms with van der Waals surface area (Å²) in [5, 5.41) is 12.8. The van der Waals surface area contributed by atoms with Crippen LogP contribution in [-0.2, 0) is 21.9 Å². The molecule has 1 fully saturated rings. The van der Waals surface area contributed by atoms with Crippen LogP contribution in [0.2, 0.25) is 0 Å². The van der Waals surface area contributed by atoms with Gasteiger partial charge in [-0.15, -0.1) is 0 Å². The number of rotatable bonds is 5. The highest BCUT2D eigenvalue weighted by atomic mass is 32.2. The highest BCUT2D eigenvalue weighted by Crippen LogP contribution is 2.25. The molecule has 1 aromatic heterocycles. The minimum Gasteiger partial charge on any atom is -0.481 e. The maximum atomic E-state index is 12.5. The van der Waals surface area contributed by atoms with Crippen molar-refractivity contribution in [1.29, 1.82) is 0 Å². The van der Waals surface area contributed by atoms with Crippen molar-refractivity contribution in [3.63, 3.8) is 0 Å². The third kappa shape index (κ3) is 3.18. The molecule has 2 rings (SSSR count). The average Bonchev–Trinajstić information content (AvgIpc) is 2.84. The summed E-state index contributed by atoms with van der Waals surface area (Å²) in [6, 6.07) is 1.48. The molecule has 2 heterocycles. The number of carboxylic acids is 1. The minimum atomic E-state index is -3.53. The molecular formula is C12H19N3O4S. The predicted octanol–water partition coefficient (Wildman–Crippen LogP) is 0.686. The number of aromatic nitrogens is 2. The summed E-state index contributed by atoms with van der Waals surface area (Å²) >= 11 is 0. The molecule has 20 heavy (non-hydrogen) atoms. The molecule has 1 atom stereocenters. The molecule has 1 aromatic rings. The van der Waals surface area contributed by atoms with Crippen LogP contribution in [0, 0.1) is 5.92 Å². The van der Waals surface area contributed by atoms with Crippen LogP contribution in [0.4, 0.5) is 0 Å². The van der Waals surface area contributed by atoms with E-state index in [1.807, 2.05) is 0 Å². The van der Waals surface area contributed by atoms with Gasteiger partial charge in [0.15, 0.2) is 5.03 Å². The minimum absolute atomic E-state index is 0.0876. The maximum absolute atomic E-state index is 12.5. The van der Waals surface area contributed by atoms with Crippen LogP contribution in [0.25, 0.3) is 0 Å². The lowest BCUT2D eigenvalue weighted by Gasteiger charge is -2.31. The average molecular weight is 301 g/mol. The van der Waals surface area contributed by atoms with Gasteiger partial charge in [-0.3, -0.25) is 9.48 Å². The lowest BCUT2D eigenvalue weighted by molar-refractivity contribution is -0.137. The van der Waals surface area contributed by atoms with E-state index in [1.54, 1.807) is 7.05 Å². The van der Waals surface area contributed by atoms with Crippen LogP contribution >= 0.6 is 0 Å². The number of sulfonamides is 1. The zero-order valence-electron chi connectivity index (χ0n) is 11.4. The molecule has 112 valence electrons. The summed E-state index contributed by atoms with van der Waals surface area (Å²) in [5.41, 5.74) is 0. The Morgan fingerprint density at radius 2 is 2.30 bits per heavy atom. The largest absolute Gasteiger partial charge is 0.481 e. The van der Waals surface area contributed by atoms with Crippen LogP contribution in [0.1, 0.15) is 25.7 Å². The van der Waals surface area contributed by atoms with Crippen LogP contribution in [0.3, 0.4) is 0 Å². The Morgan fingerprint density at radius 3 is 2.90 bits per heavy atom. The second kappa shape index (κ2) is 5.92. The van der Waals surface area contributed by atoms with Crippen molar-refractivity contribution in [3.8, 4) is 0 Å². The molecule has 1 saturated heterocycles. The number of hydrogen-bond acceptors (Lipinski definition) is 4. The fraction of sp³-hybridized carbons (Fsp3) is 0.667. The van der Waals surface area contributed by atoms with Crippen molar-refractivity contribution >= 4 is 16.0 Å². The number of nitrogens with zero attached hydrogens (tertiary/aromatic N) is 3. The van der Waals surface area contributed by atoms with Crippen molar-refractivity contribution in [2.24, 2.45) is 13.0 Å². The molecule has 1 aliphatic rings. The Labute approximate surface area is 118 Å². The molecule has 0 spiro atoms.